The molecule has 142 valence electrons. The minimum atomic E-state index is -4.80. The number of urea groups is 1. The summed E-state index contributed by atoms with van der Waals surface area (Å²) < 4.78 is 41.3. The highest BCUT2D eigenvalue weighted by Gasteiger charge is 2.47. The van der Waals surface area contributed by atoms with Crippen molar-refractivity contribution in [1.82, 2.24) is 9.80 Å². The summed E-state index contributed by atoms with van der Waals surface area (Å²) in [5, 5.41) is 17.8. The Hall–Kier alpha value is -2.76. The first-order valence-corrected chi connectivity index (χ1v) is 7.83. The second-order valence-corrected chi connectivity index (χ2v) is 6.19. The molecule has 0 spiro atoms. The standard InChI is InChI=1S/C17H20F3N3O3/c1-11(2)8-9-23(16(26)22(3)10-21)14(17(18,19)20)12-4-6-13(7-5-12)15(24)25/h4-7,11,14H,8-9H2,1-3H3,(H,24,25). The zero-order valence-electron chi connectivity index (χ0n) is 14.6. The molecule has 9 heteroatoms. The monoisotopic (exact) mass is 371 g/mol. The molecule has 0 aliphatic rings. The molecule has 0 saturated carbocycles. The van der Waals surface area contributed by atoms with Gasteiger partial charge < -0.3 is 10.0 Å². The Labute approximate surface area is 149 Å². The van der Waals surface area contributed by atoms with Crippen LogP contribution >= 0.6 is 0 Å². The van der Waals surface area contributed by atoms with Gasteiger partial charge in [-0.15, -0.1) is 0 Å². The van der Waals surface area contributed by atoms with Crippen LogP contribution in [0.5, 0.6) is 0 Å². The van der Waals surface area contributed by atoms with Crippen molar-refractivity contribution in [3.8, 4) is 6.19 Å². The summed E-state index contributed by atoms with van der Waals surface area (Å²) in [4.78, 5) is 24.4. The molecule has 26 heavy (non-hydrogen) atoms. The van der Waals surface area contributed by atoms with Crippen molar-refractivity contribution in [3.05, 3.63) is 35.4 Å². The first kappa shape index (κ1) is 21.3. The van der Waals surface area contributed by atoms with E-state index < -0.39 is 24.2 Å². The zero-order valence-corrected chi connectivity index (χ0v) is 14.6. The van der Waals surface area contributed by atoms with Crippen molar-refractivity contribution < 1.29 is 27.9 Å². The number of benzene rings is 1. The number of carbonyl (C=O) groups excluding carboxylic acids is 1. The van der Waals surface area contributed by atoms with Crippen LogP contribution in [0.25, 0.3) is 0 Å². The van der Waals surface area contributed by atoms with E-state index in [2.05, 4.69) is 0 Å². The van der Waals surface area contributed by atoms with Crippen LogP contribution in [-0.4, -0.2) is 46.7 Å². The Morgan fingerprint density at radius 1 is 1.23 bits per heavy atom. The number of aromatic carboxylic acids is 1. The smallest absolute Gasteiger partial charge is 0.413 e. The van der Waals surface area contributed by atoms with Crippen molar-refractivity contribution in [2.24, 2.45) is 5.92 Å². The molecule has 0 heterocycles. The van der Waals surface area contributed by atoms with Crippen molar-refractivity contribution in [1.29, 1.82) is 5.26 Å². The minimum absolute atomic E-state index is 0.0426. The average Bonchev–Trinajstić information content (AvgIpc) is 2.55. The molecule has 0 bridgehead atoms. The fraction of sp³-hybridized carbons (Fsp3) is 0.471. The molecule has 0 aliphatic heterocycles. The van der Waals surface area contributed by atoms with E-state index in [9.17, 15) is 22.8 Å². The number of carboxylic acid groups (broad SMARTS) is 1. The molecule has 0 aliphatic carbocycles. The summed E-state index contributed by atoms with van der Waals surface area (Å²) >= 11 is 0. The molecule has 0 fully saturated rings. The molecular weight excluding hydrogens is 351 g/mol. The second-order valence-electron chi connectivity index (χ2n) is 6.19. The lowest BCUT2D eigenvalue weighted by Gasteiger charge is -2.34. The molecule has 1 aromatic carbocycles. The Morgan fingerprint density at radius 3 is 2.15 bits per heavy atom. The van der Waals surface area contributed by atoms with Crippen LogP contribution in [0.2, 0.25) is 0 Å². The summed E-state index contributed by atoms with van der Waals surface area (Å²) in [6.45, 7) is 3.41. The van der Waals surface area contributed by atoms with E-state index in [-0.39, 0.29) is 23.6 Å². The van der Waals surface area contributed by atoms with Gasteiger partial charge >= 0.3 is 18.2 Å². The lowest BCUT2D eigenvalue weighted by atomic mass is 10.0. The quantitative estimate of drug-likeness (QED) is 0.608. The summed E-state index contributed by atoms with van der Waals surface area (Å²) in [5.41, 5.74) is -0.435. The number of hydrogen-bond donors (Lipinski definition) is 1. The summed E-state index contributed by atoms with van der Waals surface area (Å²) in [6.07, 6.45) is -2.98. The first-order chi connectivity index (χ1) is 12.0. The van der Waals surface area contributed by atoms with E-state index in [1.165, 1.54) is 6.19 Å². The molecule has 1 unspecified atom stereocenters. The largest absolute Gasteiger partial charge is 0.478 e. The lowest BCUT2D eigenvalue weighted by Crippen LogP contribution is -2.47. The minimum Gasteiger partial charge on any atom is -0.478 e. The van der Waals surface area contributed by atoms with Crippen LogP contribution in [0.1, 0.15) is 42.2 Å². The fourth-order valence-electron chi connectivity index (χ4n) is 2.32. The summed E-state index contributed by atoms with van der Waals surface area (Å²) in [7, 11) is 1.09. The van der Waals surface area contributed by atoms with Gasteiger partial charge in [-0.2, -0.15) is 18.4 Å². The van der Waals surface area contributed by atoms with Gasteiger partial charge in [-0.25, -0.2) is 14.5 Å². The molecule has 0 radical (unpaired) electrons. The van der Waals surface area contributed by atoms with Crippen LogP contribution in [-0.2, 0) is 0 Å². The topological polar surface area (TPSA) is 84.6 Å². The SMILES string of the molecule is CC(C)CCN(C(=O)N(C)C#N)C(c1ccc(C(=O)O)cc1)C(F)(F)F. The Morgan fingerprint density at radius 2 is 1.77 bits per heavy atom. The van der Waals surface area contributed by atoms with Gasteiger partial charge in [0.15, 0.2) is 12.2 Å². The molecule has 1 aromatic rings. The second kappa shape index (κ2) is 8.56. The summed E-state index contributed by atoms with van der Waals surface area (Å²) in [6, 6.07) is 0.809. The molecule has 1 atom stereocenters. The third-order valence-electron chi connectivity index (χ3n) is 3.73. The lowest BCUT2D eigenvalue weighted by molar-refractivity contribution is -0.179. The maximum absolute atomic E-state index is 13.8. The van der Waals surface area contributed by atoms with Crippen molar-refractivity contribution in [2.75, 3.05) is 13.6 Å². The Bertz CT molecular complexity index is 681. The van der Waals surface area contributed by atoms with Crippen LogP contribution in [0.15, 0.2) is 24.3 Å². The van der Waals surface area contributed by atoms with E-state index in [1.54, 1.807) is 13.8 Å². The predicted octanol–water partition coefficient (Wildman–Crippen LogP) is 3.87. The highest BCUT2D eigenvalue weighted by molar-refractivity contribution is 5.87. The van der Waals surface area contributed by atoms with Crippen LogP contribution < -0.4 is 0 Å². The number of halogens is 3. The van der Waals surface area contributed by atoms with E-state index in [0.717, 1.165) is 31.3 Å². The average molecular weight is 371 g/mol. The zero-order chi connectivity index (χ0) is 20.1. The number of rotatable bonds is 6. The molecule has 0 saturated heterocycles. The van der Waals surface area contributed by atoms with E-state index in [1.807, 2.05) is 0 Å². The van der Waals surface area contributed by atoms with Gasteiger partial charge in [0.2, 0.25) is 0 Å². The number of hydrogen-bond acceptors (Lipinski definition) is 3. The molecule has 2 amide bonds. The van der Waals surface area contributed by atoms with Crippen LogP contribution in [0.4, 0.5) is 18.0 Å². The molecular formula is C17H20F3N3O3. The normalized spacial score (nSPS) is 12.4. The van der Waals surface area contributed by atoms with Gasteiger partial charge in [0.05, 0.1) is 5.56 Å². The number of carboxylic acids is 1. The van der Waals surface area contributed by atoms with Crippen molar-refractivity contribution in [2.45, 2.75) is 32.5 Å². The van der Waals surface area contributed by atoms with Gasteiger partial charge in [0.25, 0.3) is 0 Å². The number of carbonyl (C=O) groups is 2. The summed E-state index contributed by atoms with van der Waals surface area (Å²) in [5.74, 6) is -1.22. The van der Waals surface area contributed by atoms with E-state index >= 15 is 0 Å². The maximum atomic E-state index is 13.8. The van der Waals surface area contributed by atoms with Gasteiger partial charge in [-0.1, -0.05) is 26.0 Å². The van der Waals surface area contributed by atoms with Crippen molar-refractivity contribution >= 4 is 12.0 Å². The van der Waals surface area contributed by atoms with Crippen molar-refractivity contribution in [3.63, 3.8) is 0 Å². The number of nitrogens with zero attached hydrogens (tertiary/aromatic N) is 3. The van der Waals surface area contributed by atoms with Crippen LogP contribution in [0.3, 0.4) is 0 Å². The third-order valence-corrected chi connectivity index (χ3v) is 3.73. The van der Waals surface area contributed by atoms with E-state index in [4.69, 9.17) is 10.4 Å². The van der Waals surface area contributed by atoms with Gasteiger partial charge in [0.1, 0.15) is 0 Å². The van der Waals surface area contributed by atoms with Gasteiger partial charge in [0, 0.05) is 13.6 Å². The van der Waals surface area contributed by atoms with Gasteiger partial charge in [-0.3, -0.25) is 0 Å². The maximum Gasteiger partial charge on any atom is 0.413 e. The molecule has 1 rings (SSSR count). The molecule has 6 nitrogen and oxygen atoms in total. The number of nitriles is 1. The Kier molecular flexibility index (Phi) is 7.01. The van der Waals surface area contributed by atoms with E-state index in [0.29, 0.717) is 16.2 Å². The highest BCUT2D eigenvalue weighted by atomic mass is 19.4. The number of alkyl halides is 3. The molecule has 0 aromatic heterocycles. The highest BCUT2D eigenvalue weighted by Crippen LogP contribution is 2.38. The number of amides is 2. The predicted molar refractivity (Wildman–Crippen MR) is 87.1 cm³/mol. The first-order valence-electron chi connectivity index (χ1n) is 7.83. The fourth-order valence-corrected chi connectivity index (χ4v) is 2.32. The molecule has 1 N–H and O–H groups in total. The van der Waals surface area contributed by atoms with Crippen LogP contribution in [0, 0.1) is 17.4 Å². The third kappa shape index (κ3) is 5.37. The van der Waals surface area contributed by atoms with Gasteiger partial charge in [-0.05, 0) is 30.0 Å². The Balaban J connectivity index is 3.36.